The van der Waals surface area contributed by atoms with Gasteiger partial charge in [0.1, 0.15) is 5.56 Å². The van der Waals surface area contributed by atoms with Gasteiger partial charge in [0.15, 0.2) is 5.82 Å². The summed E-state index contributed by atoms with van der Waals surface area (Å²) in [6, 6.07) is 1.84. The lowest BCUT2D eigenvalue weighted by Gasteiger charge is -2.05. The van der Waals surface area contributed by atoms with E-state index in [1.807, 2.05) is 13.1 Å². The van der Waals surface area contributed by atoms with Gasteiger partial charge in [0.2, 0.25) is 0 Å². The fourth-order valence-electron chi connectivity index (χ4n) is 1.57. The molecule has 0 aliphatic heterocycles. The molecule has 7 nitrogen and oxygen atoms in total. The largest absolute Gasteiger partial charge is 0.382 e. The minimum Gasteiger partial charge on any atom is -0.382 e. The maximum Gasteiger partial charge on any atom is 0.257 e. The second-order valence-electron chi connectivity index (χ2n) is 3.74. The molecule has 0 aliphatic rings. The van der Waals surface area contributed by atoms with Crippen LogP contribution in [0, 0.1) is 6.92 Å². The molecule has 0 atom stereocenters. The third-order valence-corrected chi connectivity index (χ3v) is 2.55. The maximum atomic E-state index is 11.9. The minimum absolute atomic E-state index is 0.213. The molecule has 0 saturated heterocycles. The number of amides is 1. The predicted molar refractivity (Wildman–Crippen MR) is 62.1 cm³/mol. The Labute approximate surface area is 98.0 Å². The first kappa shape index (κ1) is 11.2. The summed E-state index contributed by atoms with van der Waals surface area (Å²) >= 11 is 0. The van der Waals surface area contributed by atoms with Crippen molar-refractivity contribution in [3.8, 4) is 0 Å². The molecule has 2 aromatic heterocycles. The number of anilines is 1. The van der Waals surface area contributed by atoms with E-state index in [1.165, 1.54) is 0 Å². The standard InChI is InChI=1S/C10H14N6O/c1-6-8(9(11)15-14-6)10(17)12-5-7-3-4-13-16(7)2/h3-4H,5H2,1-2H3,(H,12,17)(H3,11,14,15). The van der Waals surface area contributed by atoms with Gasteiger partial charge in [-0.2, -0.15) is 10.2 Å². The topological polar surface area (TPSA) is 102 Å². The molecule has 0 unspecified atom stereocenters. The summed E-state index contributed by atoms with van der Waals surface area (Å²) in [4.78, 5) is 11.9. The van der Waals surface area contributed by atoms with Gasteiger partial charge in [0.05, 0.1) is 12.2 Å². The first-order valence-corrected chi connectivity index (χ1v) is 5.15. The van der Waals surface area contributed by atoms with Crippen LogP contribution in [0.4, 0.5) is 5.82 Å². The minimum atomic E-state index is -0.241. The lowest BCUT2D eigenvalue weighted by molar-refractivity contribution is 0.0950. The van der Waals surface area contributed by atoms with Gasteiger partial charge in [-0.25, -0.2) is 0 Å². The van der Waals surface area contributed by atoms with Crippen LogP contribution in [0.5, 0.6) is 0 Å². The van der Waals surface area contributed by atoms with Crippen molar-refractivity contribution in [3.05, 3.63) is 29.2 Å². The first-order valence-electron chi connectivity index (χ1n) is 5.15. The fourth-order valence-corrected chi connectivity index (χ4v) is 1.57. The van der Waals surface area contributed by atoms with E-state index in [2.05, 4.69) is 20.6 Å². The van der Waals surface area contributed by atoms with E-state index in [9.17, 15) is 4.79 Å². The number of aromatic nitrogens is 4. The van der Waals surface area contributed by atoms with Crippen molar-refractivity contribution >= 4 is 11.7 Å². The van der Waals surface area contributed by atoms with Crippen LogP contribution in [-0.4, -0.2) is 25.9 Å². The van der Waals surface area contributed by atoms with E-state index in [0.29, 0.717) is 17.8 Å². The number of aromatic amines is 1. The van der Waals surface area contributed by atoms with Crippen molar-refractivity contribution in [2.45, 2.75) is 13.5 Å². The molecule has 0 bridgehead atoms. The Hall–Kier alpha value is -2.31. The number of nitrogens with zero attached hydrogens (tertiary/aromatic N) is 3. The van der Waals surface area contributed by atoms with Gasteiger partial charge in [0.25, 0.3) is 5.91 Å². The number of H-pyrrole nitrogens is 1. The summed E-state index contributed by atoms with van der Waals surface area (Å²) in [5.74, 6) is -0.0278. The van der Waals surface area contributed by atoms with E-state index in [4.69, 9.17) is 5.73 Å². The van der Waals surface area contributed by atoms with Crippen LogP contribution in [0.2, 0.25) is 0 Å². The Morgan fingerprint density at radius 1 is 1.65 bits per heavy atom. The lowest BCUT2D eigenvalue weighted by Crippen LogP contribution is -2.25. The average molecular weight is 234 g/mol. The maximum absolute atomic E-state index is 11.9. The van der Waals surface area contributed by atoms with E-state index in [0.717, 1.165) is 5.69 Å². The quantitative estimate of drug-likeness (QED) is 0.693. The zero-order chi connectivity index (χ0) is 12.4. The lowest BCUT2D eigenvalue weighted by atomic mass is 10.2. The van der Waals surface area contributed by atoms with Crippen molar-refractivity contribution in [1.82, 2.24) is 25.3 Å². The zero-order valence-electron chi connectivity index (χ0n) is 9.69. The number of carbonyl (C=O) groups is 1. The average Bonchev–Trinajstić information content (AvgIpc) is 2.83. The molecule has 2 aromatic rings. The Morgan fingerprint density at radius 3 is 2.94 bits per heavy atom. The summed E-state index contributed by atoms with van der Waals surface area (Å²) in [5.41, 5.74) is 7.57. The normalized spacial score (nSPS) is 10.5. The molecule has 0 aliphatic carbocycles. The van der Waals surface area contributed by atoms with E-state index < -0.39 is 0 Å². The summed E-state index contributed by atoms with van der Waals surface area (Å²) in [7, 11) is 1.82. The van der Waals surface area contributed by atoms with Gasteiger partial charge in [-0.1, -0.05) is 0 Å². The molecular weight excluding hydrogens is 220 g/mol. The highest BCUT2D eigenvalue weighted by Gasteiger charge is 2.15. The number of carbonyl (C=O) groups excluding carboxylic acids is 1. The van der Waals surface area contributed by atoms with Crippen LogP contribution in [0.1, 0.15) is 21.7 Å². The second-order valence-corrected chi connectivity index (χ2v) is 3.74. The number of hydrogen-bond acceptors (Lipinski definition) is 4. The summed E-state index contributed by atoms with van der Waals surface area (Å²) in [6.45, 7) is 2.15. The number of nitrogens with one attached hydrogen (secondary N) is 2. The number of rotatable bonds is 3. The number of aryl methyl sites for hydroxylation is 2. The SMILES string of the molecule is Cc1[nH]nc(N)c1C(=O)NCc1ccnn1C. The fraction of sp³-hybridized carbons (Fsp3) is 0.300. The Balaban J connectivity index is 2.06. The monoisotopic (exact) mass is 234 g/mol. The van der Waals surface area contributed by atoms with Gasteiger partial charge in [-0.15, -0.1) is 0 Å². The summed E-state index contributed by atoms with van der Waals surface area (Å²) in [5, 5.41) is 13.2. The molecule has 0 aromatic carbocycles. The zero-order valence-corrected chi connectivity index (χ0v) is 9.69. The molecule has 0 fully saturated rings. The van der Waals surface area contributed by atoms with Crippen LogP contribution in [0.15, 0.2) is 12.3 Å². The molecule has 2 heterocycles. The first-order chi connectivity index (χ1) is 8.09. The number of nitrogens with two attached hydrogens (primary N) is 1. The Bertz CT molecular complexity index is 521. The molecule has 17 heavy (non-hydrogen) atoms. The summed E-state index contributed by atoms with van der Waals surface area (Å²) < 4.78 is 1.70. The van der Waals surface area contributed by atoms with Crippen molar-refractivity contribution in [3.63, 3.8) is 0 Å². The smallest absolute Gasteiger partial charge is 0.257 e. The van der Waals surface area contributed by atoms with Gasteiger partial charge < -0.3 is 11.1 Å². The third kappa shape index (κ3) is 2.12. The van der Waals surface area contributed by atoms with E-state index in [-0.39, 0.29) is 11.7 Å². The molecule has 0 saturated carbocycles. The summed E-state index contributed by atoms with van der Waals surface area (Å²) in [6.07, 6.45) is 1.68. The molecule has 0 radical (unpaired) electrons. The van der Waals surface area contributed by atoms with Gasteiger partial charge in [-0.05, 0) is 13.0 Å². The van der Waals surface area contributed by atoms with Crippen LogP contribution >= 0.6 is 0 Å². The van der Waals surface area contributed by atoms with E-state index in [1.54, 1.807) is 17.8 Å². The highest BCUT2D eigenvalue weighted by molar-refractivity contribution is 5.99. The molecule has 0 spiro atoms. The second kappa shape index (κ2) is 4.28. The Kier molecular flexibility index (Phi) is 2.82. The van der Waals surface area contributed by atoms with Crippen molar-refractivity contribution in [2.24, 2.45) is 7.05 Å². The number of nitrogen functional groups attached to an aromatic ring is 1. The van der Waals surface area contributed by atoms with Crippen LogP contribution in [0.3, 0.4) is 0 Å². The molecule has 90 valence electrons. The molecule has 7 heteroatoms. The van der Waals surface area contributed by atoms with Gasteiger partial charge >= 0.3 is 0 Å². The highest BCUT2D eigenvalue weighted by atomic mass is 16.1. The highest BCUT2D eigenvalue weighted by Crippen LogP contribution is 2.11. The Morgan fingerprint density at radius 2 is 2.41 bits per heavy atom. The van der Waals surface area contributed by atoms with Crippen LogP contribution in [-0.2, 0) is 13.6 Å². The molecular formula is C10H14N6O. The number of hydrogen-bond donors (Lipinski definition) is 3. The van der Waals surface area contributed by atoms with Gasteiger partial charge in [0, 0.05) is 18.9 Å². The third-order valence-electron chi connectivity index (χ3n) is 2.55. The molecule has 4 N–H and O–H groups in total. The molecule has 2 rings (SSSR count). The van der Waals surface area contributed by atoms with E-state index >= 15 is 0 Å². The van der Waals surface area contributed by atoms with Gasteiger partial charge in [-0.3, -0.25) is 14.6 Å². The van der Waals surface area contributed by atoms with Crippen LogP contribution < -0.4 is 11.1 Å². The van der Waals surface area contributed by atoms with Crippen molar-refractivity contribution < 1.29 is 4.79 Å². The van der Waals surface area contributed by atoms with Crippen molar-refractivity contribution in [2.75, 3.05) is 5.73 Å². The van der Waals surface area contributed by atoms with Crippen molar-refractivity contribution in [1.29, 1.82) is 0 Å². The predicted octanol–water partition coefficient (Wildman–Crippen LogP) is -0.0362. The van der Waals surface area contributed by atoms with Crippen LogP contribution in [0.25, 0.3) is 0 Å². The molecule has 1 amide bonds.